The van der Waals surface area contributed by atoms with Crippen molar-refractivity contribution in [3.63, 3.8) is 0 Å². The number of aromatic amines is 1. The van der Waals surface area contributed by atoms with Crippen LogP contribution in [-0.2, 0) is 16.7 Å². The first-order valence-corrected chi connectivity index (χ1v) is 14.8. The van der Waals surface area contributed by atoms with Crippen molar-refractivity contribution in [3.05, 3.63) is 68.5 Å². The first kappa shape index (κ1) is 30.3. The van der Waals surface area contributed by atoms with Gasteiger partial charge in [0.05, 0.1) is 36.3 Å². The van der Waals surface area contributed by atoms with Gasteiger partial charge in [0, 0.05) is 44.4 Å². The van der Waals surface area contributed by atoms with E-state index in [1.165, 1.54) is 45.0 Å². The summed E-state index contributed by atoms with van der Waals surface area (Å²) in [6.45, 7) is 0. The van der Waals surface area contributed by atoms with Crippen molar-refractivity contribution in [1.29, 1.82) is 0 Å². The number of H-pyrrole nitrogens is 1. The predicted molar refractivity (Wildman–Crippen MR) is 163 cm³/mol. The van der Waals surface area contributed by atoms with Gasteiger partial charge >= 0.3 is 11.4 Å². The number of carbonyl (C=O) groups is 2. The van der Waals surface area contributed by atoms with Crippen LogP contribution in [-0.4, -0.2) is 68.9 Å². The normalized spacial score (nSPS) is 15.7. The molecule has 2 fully saturated rings. The highest BCUT2D eigenvalue weighted by Crippen LogP contribution is 2.32. The zero-order chi connectivity index (χ0) is 30.8. The Labute approximate surface area is 249 Å². The third kappa shape index (κ3) is 5.76. The van der Waals surface area contributed by atoms with Gasteiger partial charge in [-0.05, 0) is 62.1 Å². The highest BCUT2D eigenvalue weighted by atomic mass is 16.7. The number of hydroxylamine groups is 4. The number of rotatable bonds is 6. The molecule has 2 aliphatic carbocycles. The molecule has 12 heteroatoms. The van der Waals surface area contributed by atoms with Crippen molar-refractivity contribution in [2.24, 2.45) is 7.05 Å². The molecule has 0 bridgehead atoms. The number of hydrogen-bond acceptors (Lipinski definition) is 6. The highest BCUT2D eigenvalue weighted by molar-refractivity contribution is 5.97. The van der Waals surface area contributed by atoms with Crippen molar-refractivity contribution in [2.75, 3.05) is 28.3 Å². The first-order chi connectivity index (χ1) is 20.7. The third-order valence-electron chi connectivity index (χ3n) is 8.80. The Bertz CT molecular complexity index is 1750. The zero-order valence-corrected chi connectivity index (χ0v) is 25.5. The largest absolute Gasteiger partial charge is 0.329 e. The van der Waals surface area contributed by atoms with Gasteiger partial charge in [0.15, 0.2) is 0 Å². The van der Waals surface area contributed by atoms with Gasteiger partial charge in [0.1, 0.15) is 0 Å². The highest BCUT2D eigenvalue weighted by Gasteiger charge is 2.24. The van der Waals surface area contributed by atoms with Crippen molar-refractivity contribution < 1.29 is 19.3 Å². The summed E-state index contributed by atoms with van der Waals surface area (Å²) in [7, 11) is 7.76. The van der Waals surface area contributed by atoms with E-state index in [0.29, 0.717) is 16.6 Å². The molecule has 43 heavy (non-hydrogen) atoms. The van der Waals surface area contributed by atoms with Gasteiger partial charge in [-0.25, -0.2) is 19.7 Å². The van der Waals surface area contributed by atoms with Crippen LogP contribution in [0.5, 0.6) is 0 Å². The average molecular weight is 593 g/mol. The number of aromatic nitrogens is 4. The predicted octanol–water partition coefficient (Wildman–Crippen LogP) is 4.17. The van der Waals surface area contributed by atoms with Crippen LogP contribution in [0, 0.1) is 0 Å². The van der Waals surface area contributed by atoms with Gasteiger partial charge in [-0.15, -0.1) is 0 Å². The van der Waals surface area contributed by atoms with Crippen molar-refractivity contribution in [1.82, 2.24) is 28.8 Å². The number of amides is 2. The number of carbonyl (C=O) groups excluding carboxylic acids is 2. The minimum atomic E-state index is -0.242. The topological polar surface area (TPSA) is 124 Å². The summed E-state index contributed by atoms with van der Waals surface area (Å²) in [6, 6.07) is 11.2. The summed E-state index contributed by atoms with van der Waals surface area (Å²) < 4.78 is 5.34. The van der Waals surface area contributed by atoms with Crippen LogP contribution in [0.2, 0.25) is 0 Å². The lowest BCUT2D eigenvalue weighted by atomic mass is 10.1. The minimum Gasteiger partial charge on any atom is -0.306 e. The van der Waals surface area contributed by atoms with Gasteiger partial charge in [0.2, 0.25) is 0 Å². The molecule has 2 aromatic carbocycles. The van der Waals surface area contributed by atoms with E-state index >= 15 is 0 Å². The Morgan fingerprint density at radius 2 is 1.23 bits per heavy atom. The lowest BCUT2D eigenvalue weighted by molar-refractivity contribution is -0.0757. The molecule has 4 aromatic rings. The van der Waals surface area contributed by atoms with E-state index in [2.05, 4.69) is 4.98 Å². The summed E-state index contributed by atoms with van der Waals surface area (Å²) >= 11 is 0. The quantitative estimate of drug-likeness (QED) is 0.335. The fraction of sp³-hybridized carbons (Fsp3) is 0.484. The Morgan fingerprint density at radius 3 is 1.77 bits per heavy atom. The van der Waals surface area contributed by atoms with E-state index in [0.717, 1.165) is 47.3 Å². The second-order valence-corrected chi connectivity index (χ2v) is 11.3. The third-order valence-corrected chi connectivity index (χ3v) is 8.80. The molecule has 2 heterocycles. The van der Waals surface area contributed by atoms with Crippen molar-refractivity contribution >= 4 is 33.9 Å². The molecule has 2 amide bonds. The molecular formula is C31H40N6O6. The Morgan fingerprint density at radius 1 is 0.744 bits per heavy atom. The Balaban J connectivity index is 0.000000171. The summed E-state index contributed by atoms with van der Waals surface area (Å²) in [5, 5.41) is 2.33. The number of hydrogen-bond donors (Lipinski definition) is 1. The van der Waals surface area contributed by atoms with Crippen LogP contribution in [0.15, 0.2) is 46.0 Å². The molecular weight excluding hydrogens is 552 g/mol. The number of benzene rings is 2. The molecule has 12 nitrogen and oxygen atoms in total. The van der Waals surface area contributed by atoms with E-state index in [9.17, 15) is 19.2 Å². The first-order valence-electron chi connectivity index (χ1n) is 14.8. The number of nitrogens with zero attached hydrogens (tertiary/aromatic N) is 5. The van der Waals surface area contributed by atoms with Crippen LogP contribution >= 0.6 is 0 Å². The number of fused-ring (bicyclic) bond motifs is 2. The second-order valence-electron chi connectivity index (χ2n) is 11.3. The molecule has 2 aliphatic rings. The molecule has 0 aliphatic heterocycles. The van der Waals surface area contributed by atoms with Gasteiger partial charge < -0.3 is 4.98 Å². The van der Waals surface area contributed by atoms with Gasteiger partial charge in [0.25, 0.3) is 11.8 Å². The second kappa shape index (κ2) is 12.6. The Kier molecular flexibility index (Phi) is 8.88. The maximum Gasteiger partial charge on any atom is 0.329 e. The van der Waals surface area contributed by atoms with E-state index < -0.39 is 0 Å². The lowest BCUT2D eigenvalue weighted by Gasteiger charge is -2.14. The average Bonchev–Trinajstić information content (AvgIpc) is 3.83. The molecule has 0 radical (unpaired) electrons. The standard InChI is InChI=1S/C16H21N3O3.C15H19N3O3/c1-17-14-10-11(15(20)18(2)22-3)8-9-13(14)19(16(17)21)12-6-4-5-7-12;1-17(21-2)14(19)10-7-8-13-12(9-10)16-15(20)18(13)11-5-3-4-6-11/h8-10,12H,4-7H2,1-3H3;7-9,11H,3-6H2,1-2H3,(H,16,20). The number of imidazole rings is 2. The van der Waals surface area contributed by atoms with E-state index in [1.54, 1.807) is 50.0 Å². The van der Waals surface area contributed by atoms with Gasteiger partial charge in [-0.3, -0.25) is 33.0 Å². The monoisotopic (exact) mass is 592 g/mol. The van der Waals surface area contributed by atoms with Crippen LogP contribution < -0.4 is 11.4 Å². The summed E-state index contributed by atoms with van der Waals surface area (Å²) in [5.74, 6) is -0.473. The van der Waals surface area contributed by atoms with Crippen molar-refractivity contribution in [2.45, 2.75) is 63.5 Å². The molecule has 6 rings (SSSR count). The minimum absolute atomic E-state index is 0.00778. The lowest BCUT2D eigenvalue weighted by Crippen LogP contribution is -2.25. The molecule has 0 saturated heterocycles. The molecule has 0 unspecified atom stereocenters. The van der Waals surface area contributed by atoms with Crippen LogP contribution in [0.4, 0.5) is 0 Å². The number of nitrogens with one attached hydrogen (secondary N) is 1. The molecule has 2 aromatic heterocycles. The van der Waals surface area contributed by atoms with Crippen LogP contribution in [0.1, 0.15) is 84.2 Å². The number of aryl methyl sites for hydroxylation is 1. The Hall–Kier alpha value is -4.16. The zero-order valence-electron chi connectivity index (χ0n) is 25.5. The van der Waals surface area contributed by atoms with Gasteiger partial charge in [-0.1, -0.05) is 25.7 Å². The van der Waals surface area contributed by atoms with Gasteiger partial charge in [-0.2, -0.15) is 0 Å². The van der Waals surface area contributed by atoms with Crippen LogP contribution in [0.3, 0.4) is 0 Å². The SMILES string of the molecule is CON(C)C(=O)c1ccc2c(c1)[nH]c(=O)n2C1CCCC1.CON(C)C(=O)c1ccc2c(c1)n(C)c(=O)n2C1CCCC1. The molecule has 2 saturated carbocycles. The molecule has 1 N–H and O–H groups in total. The van der Waals surface area contributed by atoms with Crippen molar-refractivity contribution in [3.8, 4) is 0 Å². The molecule has 230 valence electrons. The summed E-state index contributed by atoms with van der Waals surface area (Å²) in [5.41, 5.74) is 4.14. The molecule has 0 atom stereocenters. The van der Waals surface area contributed by atoms with Crippen LogP contribution in [0.25, 0.3) is 22.1 Å². The van der Waals surface area contributed by atoms with E-state index in [4.69, 9.17) is 9.68 Å². The van der Waals surface area contributed by atoms with E-state index in [-0.39, 0.29) is 35.3 Å². The smallest absolute Gasteiger partial charge is 0.306 e. The van der Waals surface area contributed by atoms with E-state index in [1.807, 2.05) is 21.3 Å². The summed E-state index contributed by atoms with van der Waals surface area (Å²) in [4.78, 5) is 61.7. The molecule has 0 spiro atoms. The fourth-order valence-corrected chi connectivity index (χ4v) is 6.33. The maximum absolute atomic E-state index is 12.6. The maximum atomic E-state index is 12.6. The fourth-order valence-electron chi connectivity index (χ4n) is 6.33. The summed E-state index contributed by atoms with van der Waals surface area (Å²) in [6.07, 6.45) is 8.85.